The summed E-state index contributed by atoms with van der Waals surface area (Å²) in [5.74, 6) is 0.380. The molecule has 3 heterocycles. The van der Waals surface area contributed by atoms with Gasteiger partial charge in [-0.05, 0) is 62.9 Å². The predicted molar refractivity (Wildman–Crippen MR) is 156 cm³/mol. The van der Waals surface area contributed by atoms with Crippen LogP contribution in [0.15, 0.2) is 41.7 Å². The molecule has 10 heteroatoms. The molecule has 2 aliphatic heterocycles. The number of carbonyl (C=O) groups is 1. The lowest BCUT2D eigenvalue weighted by Gasteiger charge is -2.41. The molecule has 3 unspecified atom stereocenters. The zero-order chi connectivity index (χ0) is 29.4. The van der Waals surface area contributed by atoms with Gasteiger partial charge in [-0.15, -0.1) is 0 Å². The average molecular weight is 565 g/mol. The highest BCUT2D eigenvalue weighted by Gasteiger charge is 2.34. The Bertz CT molecular complexity index is 1550. The van der Waals surface area contributed by atoms with Crippen LogP contribution in [0.4, 0.5) is 10.2 Å². The maximum atomic E-state index is 15.7. The largest absolute Gasteiger partial charge is 0.488 e. The van der Waals surface area contributed by atoms with E-state index in [9.17, 15) is 14.7 Å². The quantitative estimate of drug-likeness (QED) is 0.418. The van der Waals surface area contributed by atoms with Crippen molar-refractivity contribution in [2.24, 2.45) is 0 Å². The van der Waals surface area contributed by atoms with Gasteiger partial charge in [0.15, 0.2) is 5.75 Å². The summed E-state index contributed by atoms with van der Waals surface area (Å²) in [5, 5.41) is 10.8. The van der Waals surface area contributed by atoms with Crippen LogP contribution in [0.25, 0.3) is 22.0 Å². The molecule has 9 nitrogen and oxygen atoms in total. The third kappa shape index (κ3) is 5.10. The lowest BCUT2D eigenvalue weighted by molar-refractivity contribution is -0.126. The zero-order valence-electron chi connectivity index (χ0n) is 24.0. The van der Waals surface area contributed by atoms with Gasteiger partial charge in [-0.1, -0.05) is 18.7 Å². The van der Waals surface area contributed by atoms with Crippen molar-refractivity contribution in [1.82, 2.24) is 14.5 Å². The summed E-state index contributed by atoms with van der Waals surface area (Å²) in [6, 6.07) is 6.22. The Morgan fingerprint density at radius 2 is 2.12 bits per heavy atom. The first-order valence-corrected chi connectivity index (χ1v) is 14.0. The summed E-state index contributed by atoms with van der Waals surface area (Å²) < 4.78 is 28.9. The molecular formula is C31H37FN4O5. The number of aliphatic hydroxyl groups is 1. The van der Waals surface area contributed by atoms with Crippen molar-refractivity contribution in [3.63, 3.8) is 0 Å². The standard InChI is InChI=1S/C31H37FN4O5/c1-6-25(38)34-12-13-35(19(3)15-34)30-23-14-18(2)26(27-21(8-7-9-24(27)32)11-10-20(4)40-5)29-28(23)36(31(39)33-30)22(16-37)17-41-29/h6-9,14,19-20,22,37H,1,10-13,15-17H2,2-5H3. The van der Waals surface area contributed by atoms with Gasteiger partial charge in [0.25, 0.3) is 0 Å². The first kappa shape index (κ1) is 28.8. The normalized spacial score (nSPS) is 19.3. The highest BCUT2D eigenvalue weighted by atomic mass is 19.1. The van der Waals surface area contributed by atoms with Crippen LogP contribution >= 0.6 is 0 Å². The highest BCUT2D eigenvalue weighted by Crippen LogP contribution is 2.46. The van der Waals surface area contributed by atoms with Gasteiger partial charge in [-0.2, -0.15) is 4.98 Å². The highest BCUT2D eigenvalue weighted by molar-refractivity contribution is 6.01. The number of ether oxygens (including phenoxy) is 2. The van der Waals surface area contributed by atoms with E-state index in [-0.39, 0.29) is 37.1 Å². The van der Waals surface area contributed by atoms with Gasteiger partial charge >= 0.3 is 5.69 Å². The number of rotatable bonds is 8. The molecule has 0 bridgehead atoms. The molecule has 41 heavy (non-hydrogen) atoms. The van der Waals surface area contributed by atoms with Crippen LogP contribution in [0.1, 0.15) is 37.4 Å². The maximum Gasteiger partial charge on any atom is 0.350 e. The lowest BCUT2D eigenvalue weighted by Crippen LogP contribution is -2.54. The number of amides is 1. The van der Waals surface area contributed by atoms with Crippen LogP contribution in [0.3, 0.4) is 0 Å². The molecular weight excluding hydrogens is 527 g/mol. The number of halogens is 1. The number of anilines is 1. The molecule has 218 valence electrons. The van der Waals surface area contributed by atoms with Crippen LogP contribution in [-0.2, 0) is 16.0 Å². The second-order valence-electron chi connectivity index (χ2n) is 10.9. The minimum absolute atomic E-state index is 0.00627. The Balaban J connectivity index is 1.72. The van der Waals surface area contributed by atoms with E-state index in [1.54, 1.807) is 18.1 Å². The molecule has 3 aromatic rings. The van der Waals surface area contributed by atoms with E-state index in [1.807, 2.05) is 37.8 Å². The number of hydrogen-bond donors (Lipinski definition) is 1. The molecule has 1 aromatic heterocycles. The fraction of sp³-hybridized carbons (Fsp3) is 0.452. The van der Waals surface area contributed by atoms with Crippen molar-refractivity contribution >= 4 is 22.6 Å². The second kappa shape index (κ2) is 11.6. The summed E-state index contributed by atoms with van der Waals surface area (Å²) in [4.78, 5) is 34.1. The van der Waals surface area contributed by atoms with Crippen LogP contribution in [0.5, 0.6) is 5.75 Å². The van der Waals surface area contributed by atoms with E-state index in [0.29, 0.717) is 66.1 Å². The summed E-state index contributed by atoms with van der Waals surface area (Å²) in [5.41, 5.74) is 2.61. The molecule has 1 saturated heterocycles. The van der Waals surface area contributed by atoms with Crippen LogP contribution in [0, 0.1) is 12.7 Å². The Hall–Kier alpha value is -3.76. The Morgan fingerprint density at radius 3 is 2.80 bits per heavy atom. The smallest absolute Gasteiger partial charge is 0.350 e. The van der Waals surface area contributed by atoms with E-state index in [0.717, 1.165) is 11.1 Å². The first-order valence-electron chi connectivity index (χ1n) is 14.0. The van der Waals surface area contributed by atoms with E-state index >= 15 is 4.39 Å². The third-order valence-corrected chi connectivity index (χ3v) is 8.30. The van der Waals surface area contributed by atoms with Crippen molar-refractivity contribution in [3.05, 3.63) is 64.3 Å². The molecule has 5 rings (SSSR count). The van der Waals surface area contributed by atoms with Gasteiger partial charge in [0.05, 0.1) is 24.3 Å². The van der Waals surface area contributed by atoms with E-state index in [1.165, 1.54) is 16.7 Å². The molecule has 2 aromatic carbocycles. The fourth-order valence-electron chi connectivity index (χ4n) is 6.02. The van der Waals surface area contributed by atoms with Crippen molar-refractivity contribution in [2.45, 2.75) is 51.8 Å². The summed E-state index contributed by atoms with van der Waals surface area (Å²) in [6.07, 6.45) is 2.61. The molecule has 1 fully saturated rings. The van der Waals surface area contributed by atoms with Gasteiger partial charge in [0.1, 0.15) is 18.2 Å². The van der Waals surface area contributed by atoms with Crippen molar-refractivity contribution in [1.29, 1.82) is 0 Å². The summed E-state index contributed by atoms with van der Waals surface area (Å²) in [6.45, 7) is 10.6. The number of aryl methyl sites for hydroxylation is 2. The number of piperazine rings is 1. The van der Waals surface area contributed by atoms with Gasteiger partial charge in [-0.25, -0.2) is 9.18 Å². The van der Waals surface area contributed by atoms with Gasteiger partial charge < -0.3 is 24.4 Å². The third-order valence-electron chi connectivity index (χ3n) is 8.30. The monoisotopic (exact) mass is 564 g/mol. The summed E-state index contributed by atoms with van der Waals surface area (Å²) in [7, 11) is 1.66. The van der Waals surface area contributed by atoms with E-state index in [4.69, 9.17) is 9.47 Å². The maximum absolute atomic E-state index is 15.7. The number of nitrogens with zero attached hydrogens (tertiary/aromatic N) is 4. The number of hydrogen-bond acceptors (Lipinski definition) is 7. The molecule has 1 N–H and O–H groups in total. The van der Waals surface area contributed by atoms with Crippen molar-refractivity contribution in [3.8, 4) is 16.9 Å². The van der Waals surface area contributed by atoms with Crippen LogP contribution in [0.2, 0.25) is 0 Å². The molecule has 2 aliphatic rings. The SMILES string of the molecule is C=CC(=O)N1CCN(c2nc(=O)n3c4c(c(-c5c(F)cccc5CCC(C)OC)c(C)cc24)OCC3CO)C(C)C1. The lowest BCUT2D eigenvalue weighted by atomic mass is 9.90. The number of benzene rings is 2. The topological polar surface area (TPSA) is 97.1 Å². The Labute approximate surface area is 238 Å². The van der Waals surface area contributed by atoms with Crippen molar-refractivity contribution in [2.75, 3.05) is 44.9 Å². The minimum atomic E-state index is -0.628. The summed E-state index contributed by atoms with van der Waals surface area (Å²) >= 11 is 0. The van der Waals surface area contributed by atoms with Gasteiger partial charge in [0, 0.05) is 49.3 Å². The first-order chi connectivity index (χ1) is 19.7. The number of aromatic nitrogens is 2. The molecule has 0 spiro atoms. The Morgan fingerprint density at radius 1 is 1.34 bits per heavy atom. The van der Waals surface area contributed by atoms with Crippen molar-refractivity contribution < 1.29 is 23.8 Å². The second-order valence-corrected chi connectivity index (χ2v) is 10.9. The van der Waals surface area contributed by atoms with E-state index < -0.39 is 11.7 Å². The molecule has 0 aliphatic carbocycles. The molecule has 0 saturated carbocycles. The fourth-order valence-corrected chi connectivity index (χ4v) is 6.02. The molecule has 1 amide bonds. The van der Waals surface area contributed by atoms with Crippen LogP contribution < -0.4 is 15.3 Å². The van der Waals surface area contributed by atoms with Gasteiger partial charge in [0.2, 0.25) is 5.91 Å². The Kier molecular flexibility index (Phi) is 8.15. The molecule has 0 radical (unpaired) electrons. The average Bonchev–Trinajstić information content (AvgIpc) is 2.97. The molecule has 3 atom stereocenters. The number of carbonyl (C=O) groups excluding carboxylic acids is 1. The zero-order valence-corrected chi connectivity index (χ0v) is 24.0. The van der Waals surface area contributed by atoms with Gasteiger partial charge in [-0.3, -0.25) is 9.36 Å². The minimum Gasteiger partial charge on any atom is -0.488 e. The van der Waals surface area contributed by atoms with E-state index in [2.05, 4.69) is 11.6 Å². The van der Waals surface area contributed by atoms with Crippen LogP contribution in [-0.4, -0.2) is 77.6 Å². The number of aliphatic hydroxyl groups excluding tert-OH is 1. The number of methoxy groups -OCH3 is 1. The predicted octanol–water partition coefficient (Wildman–Crippen LogP) is 3.63.